The summed E-state index contributed by atoms with van der Waals surface area (Å²) in [7, 11) is 4.10. The van der Waals surface area contributed by atoms with Gasteiger partial charge in [0.05, 0.1) is 5.52 Å². The van der Waals surface area contributed by atoms with Crippen LogP contribution in [-0.4, -0.2) is 57.5 Å². The van der Waals surface area contributed by atoms with Gasteiger partial charge in [0.1, 0.15) is 0 Å². The lowest BCUT2D eigenvalue weighted by Gasteiger charge is -2.11. The third kappa shape index (κ3) is 5.21. The van der Waals surface area contributed by atoms with Crippen LogP contribution in [0.2, 0.25) is 0 Å². The summed E-state index contributed by atoms with van der Waals surface area (Å²) in [5, 5.41) is 5.59. The number of nitrogens with zero attached hydrogens (tertiary/aromatic N) is 5. The van der Waals surface area contributed by atoms with Crippen molar-refractivity contribution in [3.05, 3.63) is 30.0 Å². The average molecular weight is 402 g/mol. The van der Waals surface area contributed by atoms with Crippen LogP contribution in [0.15, 0.2) is 34.6 Å². The summed E-state index contributed by atoms with van der Waals surface area (Å²) >= 11 is 3.12. The Morgan fingerprint density at radius 1 is 1.07 bits per heavy atom. The molecule has 0 aliphatic heterocycles. The molecule has 0 aliphatic carbocycles. The van der Waals surface area contributed by atoms with E-state index in [0.29, 0.717) is 16.8 Å². The number of fused-ring (bicyclic) bond motifs is 1. The summed E-state index contributed by atoms with van der Waals surface area (Å²) in [6.07, 6.45) is 1.96. The molecule has 9 heteroatoms. The molecule has 0 saturated heterocycles. The second kappa shape index (κ2) is 8.73. The molecule has 0 fully saturated rings. The lowest BCUT2D eigenvalue weighted by Crippen LogP contribution is -2.15. The van der Waals surface area contributed by atoms with E-state index in [1.807, 2.05) is 37.4 Å². The highest BCUT2D eigenvalue weighted by atomic mass is 32.2. The number of nitrogens with one attached hydrogen (secondary N) is 1. The summed E-state index contributed by atoms with van der Waals surface area (Å²) in [4.78, 5) is 20.1. The fraction of sp³-hybridized carbons (Fsp3) is 0.333. The molecule has 0 bridgehead atoms. The summed E-state index contributed by atoms with van der Waals surface area (Å²) in [5.41, 5.74) is 9.50. The van der Waals surface area contributed by atoms with E-state index in [1.165, 1.54) is 11.8 Å². The van der Waals surface area contributed by atoms with Crippen molar-refractivity contribution in [2.45, 2.75) is 17.2 Å². The van der Waals surface area contributed by atoms with Crippen molar-refractivity contribution in [1.82, 2.24) is 24.8 Å². The van der Waals surface area contributed by atoms with E-state index >= 15 is 0 Å². The van der Waals surface area contributed by atoms with Crippen LogP contribution in [-0.2, 0) is 0 Å². The Morgan fingerprint density at radius 2 is 1.85 bits per heavy atom. The van der Waals surface area contributed by atoms with Crippen molar-refractivity contribution in [2.24, 2.45) is 0 Å². The van der Waals surface area contributed by atoms with E-state index in [9.17, 15) is 0 Å². The molecule has 0 radical (unpaired) electrons. The Kier molecular flexibility index (Phi) is 6.35. The van der Waals surface area contributed by atoms with Gasteiger partial charge in [0.2, 0.25) is 5.95 Å². The number of benzene rings is 1. The van der Waals surface area contributed by atoms with Crippen LogP contribution >= 0.6 is 23.5 Å². The summed E-state index contributed by atoms with van der Waals surface area (Å²) in [6.45, 7) is 2.90. The summed E-state index contributed by atoms with van der Waals surface area (Å²) in [6, 6.07) is 7.75. The van der Waals surface area contributed by atoms with Gasteiger partial charge in [0.25, 0.3) is 0 Å². The zero-order valence-corrected chi connectivity index (χ0v) is 17.5. The number of anilines is 3. The maximum absolute atomic E-state index is 6.15. The average Bonchev–Trinajstić information content (AvgIpc) is 2.61. The van der Waals surface area contributed by atoms with Crippen molar-refractivity contribution in [3.8, 4) is 0 Å². The second-order valence-corrected chi connectivity index (χ2v) is 8.13. The number of aryl methyl sites for hydroxylation is 1. The molecule has 3 aromatic rings. The molecule has 0 saturated carbocycles. The van der Waals surface area contributed by atoms with Crippen molar-refractivity contribution in [3.63, 3.8) is 0 Å². The molecule has 1 aromatic carbocycles. The fourth-order valence-corrected chi connectivity index (χ4v) is 3.82. The minimum Gasteiger partial charge on any atom is -0.398 e. The predicted molar refractivity (Wildman–Crippen MR) is 115 cm³/mol. The maximum atomic E-state index is 6.15. The highest BCUT2D eigenvalue weighted by molar-refractivity contribution is 7.99. The number of thioether (sulfide) groups is 2. The molecule has 7 nitrogen and oxygen atoms in total. The molecule has 27 heavy (non-hydrogen) atoms. The molecular formula is C18H23N7S2. The predicted octanol–water partition coefficient (Wildman–Crippen LogP) is 3.43. The molecule has 0 unspecified atom stereocenters. The van der Waals surface area contributed by atoms with Gasteiger partial charge in [0, 0.05) is 34.8 Å². The Hall–Kier alpha value is -2.10. The maximum Gasteiger partial charge on any atom is 0.232 e. The normalized spacial score (nSPS) is 11.3. The van der Waals surface area contributed by atoms with Gasteiger partial charge >= 0.3 is 0 Å². The van der Waals surface area contributed by atoms with Crippen molar-refractivity contribution < 1.29 is 0 Å². The summed E-state index contributed by atoms with van der Waals surface area (Å²) < 4.78 is 0. The number of nitrogen functional groups attached to an aromatic ring is 1. The van der Waals surface area contributed by atoms with E-state index in [0.717, 1.165) is 39.7 Å². The van der Waals surface area contributed by atoms with E-state index in [-0.39, 0.29) is 0 Å². The van der Waals surface area contributed by atoms with Crippen molar-refractivity contribution in [2.75, 3.05) is 43.7 Å². The Morgan fingerprint density at radius 3 is 2.59 bits per heavy atom. The molecule has 0 amide bonds. The standard InChI is InChI=1S/C18H23N7S2/c1-11-9-14(19)13-10-12(5-6-15(13)20-11)21-16-22-17(26-4)24-18(23-16)27-8-7-25(2)3/h5-6,9-10H,7-8H2,1-4H3,(H2,19,20)(H,21,22,23,24). The van der Waals surface area contributed by atoms with E-state index in [1.54, 1.807) is 11.8 Å². The zero-order chi connectivity index (χ0) is 19.4. The van der Waals surface area contributed by atoms with Crippen LogP contribution in [0.25, 0.3) is 10.9 Å². The monoisotopic (exact) mass is 401 g/mol. The second-order valence-electron chi connectivity index (χ2n) is 6.29. The molecule has 0 atom stereocenters. The van der Waals surface area contributed by atoms with Gasteiger partial charge in [-0.25, -0.2) is 0 Å². The van der Waals surface area contributed by atoms with Crippen LogP contribution in [0.5, 0.6) is 0 Å². The van der Waals surface area contributed by atoms with Gasteiger partial charge in [-0.3, -0.25) is 4.98 Å². The van der Waals surface area contributed by atoms with Gasteiger partial charge in [-0.2, -0.15) is 15.0 Å². The molecule has 142 valence electrons. The highest BCUT2D eigenvalue weighted by Gasteiger charge is 2.09. The molecule has 0 aliphatic rings. The van der Waals surface area contributed by atoms with Gasteiger partial charge in [-0.1, -0.05) is 23.5 Å². The number of hydrogen-bond donors (Lipinski definition) is 2. The third-order valence-corrected chi connectivity index (χ3v) is 5.15. The number of aromatic nitrogens is 4. The minimum absolute atomic E-state index is 0.527. The molecule has 2 heterocycles. The fourth-order valence-electron chi connectivity index (χ4n) is 2.47. The molecule has 0 spiro atoms. The van der Waals surface area contributed by atoms with Crippen molar-refractivity contribution >= 4 is 51.7 Å². The van der Waals surface area contributed by atoms with Crippen LogP contribution < -0.4 is 11.1 Å². The van der Waals surface area contributed by atoms with E-state index < -0.39 is 0 Å². The van der Waals surface area contributed by atoms with Crippen LogP contribution in [0, 0.1) is 6.92 Å². The van der Waals surface area contributed by atoms with Crippen LogP contribution in [0.3, 0.4) is 0 Å². The van der Waals surface area contributed by atoms with Crippen LogP contribution in [0.1, 0.15) is 5.69 Å². The van der Waals surface area contributed by atoms with Crippen molar-refractivity contribution in [1.29, 1.82) is 0 Å². The first-order valence-corrected chi connectivity index (χ1v) is 10.7. The number of nitrogens with two attached hydrogens (primary N) is 1. The molecule has 2 aromatic heterocycles. The van der Waals surface area contributed by atoms with Crippen LogP contribution in [0.4, 0.5) is 17.3 Å². The zero-order valence-electron chi connectivity index (χ0n) is 15.9. The number of pyridine rings is 1. The van der Waals surface area contributed by atoms with Gasteiger partial charge in [-0.05, 0) is 51.5 Å². The largest absolute Gasteiger partial charge is 0.398 e. The smallest absolute Gasteiger partial charge is 0.232 e. The van der Waals surface area contributed by atoms with Gasteiger partial charge in [-0.15, -0.1) is 0 Å². The first kappa shape index (κ1) is 19.7. The third-order valence-electron chi connectivity index (χ3n) is 3.77. The van der Waals surface area contributed by atoms with E-state index in [2.05, 4.69) is 44.2 Å². The Bertz CT molecular complexity index is 946. The topological polar surface area (TPSA) is 92.8 Å². The first-order valence-electron chi connectivity index (χ1n) is 8.46. The van der Waals surface area contributed by atoms with Gasteiger partial charge < -0.3 is 16.0 Å². The Balaban J connectivity index is 1.84. The lowest BCUT2D eigenvalue weighted by molar-refractivity contribution is 0.437. The first-order chi connectivity index (χ1) is 12.9. The Labute approximate surface area is 167 Å². The lowest BCUT2D eigenvalue weighted by atomic mass is 10.1. The minimum atomic E-state index is 0.527. The molecule has 3 N–H and O–H groups in total. The highest BCUT2D eigenvalue weighted by Crippen LogP contribution is 2.26. The SMILES string of the molecule is CSc1nc(Nc2ccc3nc(C)cc(N)c3c2)nc(SCCN(C)C)n1. The summed E-state index contributed by atoms with van der Waals surface area (Å²) in [5.74, 6) is 1.45. The quantitative estimate of drug-likeness (QED) is 0.577. The number of rotatable bonds is 7. The van der Waals surface area contributed by atoms with E-state index in [4.69, 9.17) is 5.73 Å². The molecular weight excluding hydrogens is 378 g/mol. The van der Waals surface area contributed by atoms with Gasteiger partial charge in [0.15, 0.2) is 10.3 Å². The molecule has 3 rings (SSSR count). The number of hydrogen-bond acceptors (Lipinski definition) is 9.